The van der Waals surface area contributed by atoms with E-state index in [0.29, 0.717) is 11.4 Å². The molecule has 2 aromatic rings. The van der Waals surface area contributed by atoms with Crippen molar-refractivity contribution in [3.05, 3.63) is 45.7 Å². The van der Waals surface area contributed by atoms with E-state index in [1.54, 1.807) is 0 Å². The van der Waals surface area contributed by atoms with E-state index in [-0.39, 0.29) is 16.9 Å². The SMILES string of the molecule is O=C(Cn1nc(C(F)(F)F)c(Br)c1C1CC1)Nc1ccc(CN2CCCCC2)cc1. The number of hydrogen-bond donors (Lipinski definition) is 1. The van der Waals surface area contributed by atoms with Crippen molar-refractivity contribution in [3.8, 4) is 0 Å². The highest BCUT2D eigenvalue weighted by Gasteiger charge is 2.41. The first-order valence-electron chi connectivity index (χ1n) is 10.3. The lowest BCUT2D eigenvalue weighted by molar-refractivity contribution is -0.142. The molecule has 9 heteroatoms. The second kappa shape index (κ2) is 8.70. The molecule has 30 heavy (non-hydrogen) atoms. The molecule has 2 aliphatic rings. The van der Waals surface area contributed by atoms with Gasteiger partial charge in [0.25, 0.3) is 0 Å². The number of amides is 1. The van der Waals surface area contributed by atoms with E-state index >= 15 is 0 Å². The number of benzene rings is 1. The largest absolute Gasteiger partial charge is 0.436 e. The maximum absolute atomic E-state index is 13.2. The van der Waals surface area contributed by atoms with E-state index in [2.05, 4.69) is 31.2 Å². The fourth-order valence-corrected chi connectivity index (χ4v) is 4.74. The number of halogens is 4. The molecule has 2 heterocycles. The van der Waals surface area contributed by atoms with Gasteiger partial charge in [0.1, 0.15) is 6.54 Å². The molecular weight excluding hydrogens is 461 g/mol. The van der Waals surface area contributed by atoms with Gasteiger partial charge in [-0.1, -0.05) is 18.6 Å². The molecule has 1 saturated carbocycles. The lowest BCUT2D eigenvalue weighted by Gasteiger charge is -2.26. The number of carbonyl (C=O) groups excluding carboxylic acids is 1. The first-order valence-corrected chi connectivity index (χ1v) is 11.0. The van der Waals surface area contributed by atoms with Crippen LogP contribution in [0, 0.1) is 0 Å². The van der Waals surface area contributed by atoms with Gasteiger partial charge in [0.2, 0.25) is 5.91 Å². The molecule has 0 bridgehead atoms. The number of nitrogens with one attached hydrogen (secondary N) is 1. The lowest BCUT2D eigenvalue weighted by atomic mass is 10.1. The molecule has 0 unspecified atom stereocenters. The van der Waals surface area contributed by atoms with Crippen molar-refractivity contribution < 1.29 is 18.0 Å². The monoisotopic (exact) mass is 484 g/mol. The van der Waals surface area contributed by atoms with Gasteiger partial charge >= 0.3 is 6.18 Å². The standard InChI is InChI=1S/C21H24BrF3N4O/c22-18-19(15-6-7-15)29(27-20(18)21(23,24)25)13-17(30)26-16-8-4-14(5-9-16)12-28-10-2-1-3-11-28/h4-5,8-9,15H,1-3,6-7,10-13H2,(H,26,30). The maximum Gasteiger partial charge on any atom is 0.436 e. The van der Waals surface area contributed by atoms with E-state index < -0.39 is 17.8 Å². The van der Waals surface area contributed by atoms with E-state index in [9.17, 15) is 18.0 Å². The number of piperidine rings is 1. The molecule has 0 radical (unpaired) electrons. The predicted octanol–water partition coefficient (Wildman–Crippen LogP) is 5.17. The highest BCUT2D eigenvalue weighted by molar-refractivity contribution is 9.10. The van der Waals surface area contributed by atoms with Gasteiger partial charge in [0.15, 0.2) is 5.69 Å². The number of alkyl halides is 3. The van der Waals surface area contributed by atoms with E-state index in [1.807, 2.05) is 24.3 Å². The van der Waals surface area contributed by atoms with E-state index in [0.717, 1.165) is 32.5 Å². The first kappa shape index (κ1) is 21.4. The molecule has 1 saturated heterocycles. The van der Waals surface area contributed by atoms with Gasteiger partial charge in [0, 0.05) is 18.2 Å². The van der Waals surface area contributed by atoms with Gasteiger partial charge < -0.3 is 5.32 Å². The Bertz CT molecular complexity index is 900. The van der Waals surface area contributed by atoms with Crippen molar-refractivity contribution in [3.63, 3.8) is 0 Å². The number of carbonyl (C=O) groups is 1. The molecular formula is C21H24BrF3N4O. The summed E-state index contributed by atoms with van der Waals surface area (Å²) in [4.78, 5) is 14.9. The van der Waals surface area contributed by atoms with Crippen LogP contribution >= 0.6 is 15.9 Å². The normalized spacial score (nSPS) is 17.9. The summed E-state index contributed by atoms with van der Waals surface area (Å²) in [5.74, 6) is -0.380. The summed E-state index contributed by atoms with van der Waals surface area (Å²) in [5.41, 5.74) is 1.28. The Morgan fingerprint density at radius 3 is 2.40 bits per heavy atom. The van der Waals surface area contributed by atoms with Crippen LogP contribution in [0.4, 0.5) is 18.9 Å². The molecule has 1 aliphatic heterocycles. The van der Waals surface area contributed by atoms with Gasteiger partial charge in [-0.25, -0.2) is 0 Å². The molecule has 1 N–H and O–H groups in total. The van der Waals surface area contributed by atoms with E-state index in [4.69, 9.17) is 0 Å². The Morgan fingerprint density at radius 1 is 1.13 bits per heavy atom. The van der Waals surface area contributed by atoms with Crippen LogP contribution in [0.3, 0.4) is 0 Å². The summed E-state index contributed by atoms with van der Waals surface area (Å²) in [6, 6.07) is 7.62. The molecule has 1 aromatic heterocycles. The Hall–Kier alpha value is -1.87. The summed E-state index contributed by atoms with van der Waals surface area (Å²) >= 11 is 3.04. The molecule has 2 fully saturated rings. The number of hydrogen-bond acceptors (Lipinski definition) is 3. The third-order valence-electron chi connectivity index (χ3n) is 5.55. The lowest BCUT2D eigenvalue weighted by Crippen LogP contribution is -2.29. The van der Waals surface area contributed by atoms with Crippen LogP contribution in [0.25, 0.3) is 0 Å². The minimum absolute atomic E-state index is 0.0184. The Labute approximate surface area is 181 Å². The Morgan fingerprint density at radius 2 is 1.80 bits per heavy atom. The Balaban J connectivity index is 1.40. The highest BCUT2D eigenvalue weighted by atomic mass is 79.9. The van der Waals surface area contributed by atoms with Crippen LogP contribution in [-0.2, 0) is 24.1 Å². The number of likely N-dealkylation sites (tertiary alicyclic amines) is 1. The predicted molar refractivity (Wildman–Crippen MR) is 111 cm³/mol. The third-order valence-corrected chi connectivity index (χ3v) is 6.33. The van der Waals surface area contributed by atoms with Crippen molar-refractivity contribution >= 4 is 27.5 Å². The molecule has 4 rings (SSSR count). The van der Waals surface area contributed by atoms with Crippen LogP contribution in [0.1, 0.15) is 55.0 Å². The average Bonchev–Trinajstić information content (AvgIpc) is 3.47. The number of aromatic nitrogens is 2. The van der Waals surface area contributed by atoms with Gasteiger partial charge in [-0.05, 0) is 72.4 Å². The fraction of sp³-hybridized carbons (Fsp3) is 0.524. The molecule has 1 aliphatic carbocycles. The average molecular weight is 485 g/mol. The molecule has 0 atom stereocenters. The van der Waals surface area contributed by atoms with Crippen molar-refractivity contribution in [2.75, 3.05) is 18.4 Å². The van der Waals surface area contributed by atoms with Gasteiger partial charge in [-0.2, -0.15) is 18.3 Å². The summed E-state index contributed by atoms with van der Waals surface area (Å²) in [5, 5.41) is 6.45. The molecule has 0 spiro atoms. The minimum atomic E-state index is -4.56. The van der Waals surface area contributed by atoms with Gasteiger partial charge in [0.05, 0.1) is 10.2 Å². The molecule has 5 nitrogen and oxygen atoms in total. The number of anilines is 1. The van der Waals surface area contributed by atoms with Gasteiger partial charge in [-0.15, -0.1) is 0 Å². The zero-order valence-electron chi connectivity index (χ0n) is 16.5. The number of rotatable bonds is 6. The zero-order valence-corrected chi connectivity index (χ0v) is 18.1. The number of nitrogens with zero attached hydrogens (tertiary/aromatic N) is 3. The summed E-state index contributed by atoms with van der Waals surface area (Å²) < 4.78 is 40.8. The quantitative estimate of drug-likeness (QED) is 0.615. The second-order valence-corrected chi connectivity index (χ2v) is 8.85. The van der Waals surface area contributed by atoms with E-state index in [1.165, 1.54) is 29.5 Å². The van der Waals surface area contributed by atoms with Crippen molar-refractivity contribution in [1.82, 2.24) is 14.7 Å². The second-order valence-electron chi connectivity index (χ2n) is 8.06. The summed E-state index contributed by atoms with van der Waals surface area (Å²) in [6.45, 7) is 2.86. The summed E-state index contributed by atoms with van der Waals surface area (Å²) in [6.07, 6.45) is 0.812. The van der Waals surface area contributed by atoms with Crippen molar-refractivity contribution in [1.29, 1.82) is 0 Å². The van der Waals surface area contributed by atoms with Crippen molar-refractivity contribution in [2.45, 2.75) is 57.3 Å². The van der Waals surface area contributed by atoms with Crippen LogP contribution in [0.5, 0.6) is 0 Å². The third kappa shape index (κ3) is 5.06. The smallest absolute Gasteiger partial charge is 0.324 e. The highest BCUT2D eigenvalue weighted by Crippen LogP contribution is 2.46. The fourth-order valence-electron chi connectivity index (χ4n) is 3.91. The van der Waals surface area contributed by atoms with Crippen molar-refractivity contribution in [2.24, 2.45) is 0 Å². The van der Waals surface area contributed by atoms with Gasteiger partial charge in [-0.3, -0.25) is 14.4 Å². The summed E-state index contributed by atoms with van der Waals surface area (Å²) in [7, 11) is 0. The maximum atomic E-state index is 13.2. The van der Waals surface area contributed by atoms with Crippen LogP contribution < -0.4 is 5.32 Å². The zero-order chi connectivity index (χ0) is 21.3. The van der Waals surface area contributed by atoms with Crippen LogP contribution in [0.2, 0.25) is 0 Å². The topological polar surface area (TPSA) is 50.2 Å². The van der Waals surface area contributed by atoms with Crippen LogP contribution in [0.15, 0.2) is 28.7 Å². The molecule has 1 amide bonds. The Kier molecular flexibility index (Phi) is 6.20. The first-order chi connectivity index (χ1) is 14.3. The molecule has 1 aromatic carbocycles. The molecule has 162 valence electrons. The minimum Gasteiger partial charge on any atom is -0.324 e. The van der Waals surface area contributed by atoms with Crippen LogP contribution in [-0.4, -0.2) is 33.7 Å².